The maximum absolute atomic E-state index is 12.3. The van der Waals surface area contributed by atoms with Crippen molar-refractivity contribution in [2.75, 3.05) is 6.54 Å². The Hall–Kier alpha value is -1.40. The summed E-state index contributed by atoms with van der Waals surface area (Å²) in [6.07, 6.45) is 0. The molecule has 0 heterocycles. The first-order valence-corrected chi connectivity index (χ1v) is 9.08. The predicted molar refractivity (Wildman–Crippen MR) is 92.0 cm³/mol. The van der Waals surface area contributed by atoms with Gasteiger partial charge >= 0.3 is 0 Å². The molecule has 0 bridgehead atoms. The van der Waals surface area contributed by atoms with Crippen molar-refractivity contribution in [1.29, 1.82) is 0 Å². The molecule has 0 fully saturated rings. The Bertz CT molecular complexity index is 728. The van der Waals surface area contributed by atoms with Crippen LogP contribution < -0.4 is 4.72 Å². The number of ether oxygens (including phenoxy) is 1. The average molecular weight is 354 g/mol. The first-order valence-electron chi connectivity index (χ1n) is 7.22. The number of hydrogen-bond donors (Lipinski definition) is 1. The summed E-state index contributed by atoms with van der Waals surface area (Å²) in [6.45, 7) is 4.29. The number of nitrogens with one attached hydrogen (secondary N) is 1. The second-order valence-electron chi connectivity index (χ2n) is 5.81. The third-order valence-corrected chi connectivity index (χ3v) is 4.95. The van der Waals surface area contributed by atoms with E-state index < -0.39 is 15.6 Å². The zero-order valence-corrected chi connectivity index (χ0v) is 14.7. The predicted octanol–water partition coefficient (Wildman–Crippen LogP) is 3.61. The normalized spacial score (nSPS) is 12.3. The van der Waals surface area contributed by atoms with E-state index in [1.165, 1.54) is 12.1 Å². The van der Waals surface area contributed by atoms with E-state index in [9.17, 15) is 8.42 Å². The smallest absolute Gasteiger partial charge is 0.240 e. The minimum Gasteiger partial charge on any atom is -0.370 e. The molecule has 0 aliphatic heterocycles. The molecule has 0 radical (unpaired) electrons. The topological polar surface area (TPSA) is 55.4 Å². The van der Waals surface area contributed by atoms with Gasteiger partial charge < -0.3 is 4.74 Å². The van der Waals surface area contributed by atoms with Gasteiger partial charge in [-0.3, -0.25) is 0 Å². The molecule has 0 aliphatic carbocycles. The number of rotatable bonds is 7. The van der Waals surface area contributed by atoms with Gasteiger partial charge in [0.2, 0.25) is 10.0 Å². The lowest BCUT2D eigenvalue weighted by molar-refractivity contribution is -0.0246. The van der Waals surface area contributed by atoms with Crippen LogP contribution in [0.2, 0.25) is 5.02 Å². The Morgan fingerprint density at radius 1 is 1.04 bits per heavy atom. The zero-order chi connectivity index (χ0) is 16.9. The molecule has 0 aliphatic rings. The summed E-state index contributed by atoms with van der Waals surface area (Å²) in [5, 5.41) is 0.496. The van der Waals surface area contributed by atoms with E-state index in [0.29, 0.717) is 11.6 Å². The van der Waals surface area contributed by atoms with Gasteiger partial charge in [0, 0.05) is 11.6 Å². The molecular weight excluding hydrogens is 334 g/mol. The van der Waals surface area contributed by atoms with E-state index in [0.717, 1.165) is 5.56 Å². The lowest BCUT2D eigenvalue weighted by atomic mass is 10.1. The molecule has 0 aromatic heterocycles. The molecule has 0 spiro atoms. The van der Waals surface area contributed by atoms with Crippen LogP contribution >= 0.6 is 11.6 Å². The standard InChI is InChI=1S/C17H20ClNO3S/c1-17(2,22-12-14-6-4-3-5-7-14)13-19-23(20,21)16-10-8-15(18)9-11-16/h3-11,19H,12-13H2,1-2H3. The van der Waals surface area contributed by atoms with Crippen LogP contribution in [-0.4, -0.2) is 20.6 Å². The fourth-order valence-electron chi connectivity index (χ4n) is 1.87. The summed E-state index contributed by atoms with van der Waals surface area (Å²) >= 11 is 5.78. The number of benzene rings is 2. The SMILES string of the molecule is CC(C)(CNS(=O)(=O)c1ccc(Cl)cc1)OCc1ccccc1. The Kier molecular flexibility index (Phi) is 5.81. The summed E-state index contributed by atoms with van der Waals surface area (Å²) in [5.74, 6) is 0. The molecule has 2 aromatic carbocycles. The summed E-state index contributed by atoms with van der Waals surface area (Å²) < 4.78 is 32.9. The molecule has 2 aromatic rings. The van der Waals surface area contributed by atoms with Crippen LogP contribution in [0, 0.1) is 0 Å². The van der Waals surface area contributed by atoms with Gasteiger partial charge in [0.1, 0.15) is 0 Å². The third-order valence-electron chi connectivity index (χ3n) is 3.28. The molecule has 0 atom stereocenters. The molecule has 0 unspecified atom stereocenters. The zero-order valence-electron chi connectivity index (χ0n) is 13.1. The van der Waals surface area contributed by atoms with E-state index in [2.05, 4.69) is 4.72 Å². The first kappa shape index (κ1) is 17.9. The molecule has 4 nitrogen and oxygen atoms in total. The van der Waals surface area contributed by atoms with Gasteiger partial charge in [-0.15, -0.1) is 0 Å². The van der Waals surface area contributed by atoms with Gasteiger partial charge in [0.05, 0.1) is 17.1 Å². The molecule has 2 rings (SSSR count). The van der Waals surface area contributed by atoms with Crippen LogP contribution in [0.3, 0.4) is 0 Å². The molecule has 23 heavy (non-hydrogen) atoms. The molecule has 0 saturated carbocycles. The molecule has 6 heteroatoms. The van der Waals surface area contributed by atoms with E-state index in [4.69, 9.17) is 16.3 Å². The van der Waals surface area contributed by atoms with E-state index in [1.807, 2.05) is 44.2 Å². The van der Waals surface area contributed by atoms with Crippen LogP contribution in [0.4, 0.5) is 0 Å². The van der Waals surface area contributed by atoms with Crippen molar-refractivity contribution in [2.24, 2.45) is 0 Å². The Morgan fingerprint density at radius 3 is 2.26 bits per heavy atom. The van der Waals surface area contributed by atoms with Crippen LogP contribution in [0.1, 0.15) is 19.4 Å². The maximum atomic E-state index is 12.3. The summed E-state index contributed by atoms with van der Waals surface area (Å²) in [6, 6.07) is 15.8. The summed E-state index contributed by atoms with van der Waals surface area (Å²) in [5.41, 5.74) is 0.413. The lowest BCUT2D eigenvalue weighted by Gasteiger charge is -2.25. The Morgan fingerprint density at radius 2 is 1.65 bits per heavy atom. The molecule has 0 amide bonds. The maximum Gasteiger partial charge on any atom is 0.240 e. The van der Waals surface area contributed by atoms with Crippen molar-refractivity contribution in [2.45, 2.75) is 31.0 Å². The van der Waals surface area contributed by atoms with Crippen molar-refractivity contribution >= 4 is 21.6 Å². The van der Waals surface area contributed by atoms with Crippen molar-refractivity contribution < 1.29 is 13.2 Å². The first-order chi connectivity index (χ1) is 10.8. The highest BCUT2D eigenvalue weighted by molar-refractivity contribution is 7.89. The van der Waals surface area contributed by atoms with E-state index >= 15 is 0 Å². The number of hydrogen-bond acceptors (Lipinski definition) is 3. The number of sulfonamides is 1. The fourth-order valence-corrected chi connectivity index (χ4v) is 3.19. The molecule has 1 N–H and O–H groups in total. The van der Waals surface area contributed by atoms with Gasteiger partial charge in [-0.1, -0.05) is 41.9 Å². The monoisotopic (exact) mass is 353 g/mol. The van der Waals surface area contributed by atoms with Crippen LogP contribution in [-0.2, 0) is 21.4 Å². The Balaban J connectivity index is 1.93. The van der Waals surface area contributed by atoms with E-state index in [-0.39, 0.29) is 11.4 Å². The molecular formula is C17H20ClNO3S. The van der Waals surface area contributed by atoms with Crippen molar-refractivity contribution in [3.8, 4) is 0 Å². The van der Waals surface area contributed by atoms with Crippen molar-refractivity contribution in [3.63, 3.8) is 0 Å². The molecule has 0 saturated heterocycles. The highest BCUT2D eigenvalue weighted by Crippen LogP contribution is 2.16. The highest BCUT2D eigenvalue weighted by Gasteiger charge is 2.23. The number of halogens is 1. The second-order valence-corrected chi connectivity index (χ2v) is 8.02. The minimum absolute atomic E-state index is 0.171. The van der Waals surface area contributed by atoms with Crippen molar-refractivity contribution in [1.82, 2.24) is 4.72 Å². The highest BCUT2D eigenvalue weighted by atomic mass is 35.5. The van der Waals surface area contributed by atoms with Crippen LogP contribution in [0.25, 0.3) is 0 Å². The van der Waals surface area contributed by atoms with Gasteiger partial charge in [0.15, 0.2) is 0 Å². The van der Waals surface area contributed by atoms with Gasteiger partial charge in [-0.25, -0.2) is 13.1 Å². The Labute approximate surface area is 142 Å². The van der Waals surface area contributed by atoms with Gasteiger partial charge in [0.25, 0.3) is 0 Å². The third kappa shape index (κ3) is 5.62. The molecule has 124 valence electrons. The minimum atomic E-state index is -3.58. The largest absolute Gasteiger partial charge is 0.370 e. The van der Waals surface area contributed by atoms with Gasteiger partial charge in [-0.05, 0) is 43.7 Å². The van der Waals surface area contributed by atoms with Crippen LogP contribution in [0.5, 0.6) is 0 Å². The summed E-state index contributed by atoms with van der Waals surface area (Å²) in [7, 11) is -3.58. The fraction of sp³-hybridized carbons (Fsp3) is 0.294. The van der Waals surface area contributed by atoms with Crippen molar-refractivity contribution in [3.05, 3.63) is 65.2 Å². The second kappa shape index (κ2) is 7.45. The van der Waals surface area contributed by atoms with Gasteiger partial charge in [-0.2, -0.15) is 0 Å². The quantitative estimate of drug-likeness (QED) is 0.827. The van der Waals surface area contributed by atoms with E-state index in [1.54, 1.807) is 12.1 Å². The average Bonchev–Trinajstić information content (AvgIpc) is 2.53. The van der Waals surface area contributed by atoms with Crippen LogP contribution in [0.15, 0.2) is 59.5 Å². The summed E-state index contributed by atoms with van der Waals surface area (Å²) in [4.78, 5) is 0.181. The lowest BCUT2D eigenvalue weighted by Crippen LogP contribution is -2.40.